The van der Waals surface area contributed by atoms with Crippen LogP contribution >= 0.6 is 0 Å². The van der Waals surface area contributed by atoms with Crippen molar-refractivity contribution in [2.45, 2.75) is 32.6 Å². The number of hydrogen-bond donors (Lipinski definition) is 2. The molecule has 1 heterocycles. The Morgan fingerprint density at radius 3 is 2.38 bits per heavy atom. The van der Waals surface area contributed by atoms with Crippen LogP contribution in [0.1, 0.15) is 41.9 Å². The first-order valence-corrected chi connectivity index (χ1v) is 10.7. The van der Waals surface area contributed by atoms with Gasteiger partial charge in [0.15, 0.2) is 0 Å². The molecule has 0 spiro atoms. The summed E-state index contributed by atoms with van der Waals surface area (Å²) in [6.07, 6.45) is 0.145. The van der Waals surface area contributed by atoms with E-state index in [0.717, 1.165) is 0 Å². The average molecular weight is 459 g/mol. The fraction of sp³-hybridized carbons (Fsp3) is 0.185. The molecule has 0 aliphatic carbocycles. The van der Waals surface area contributed by atoms with Gasteiger partial charge < -0.3 is 15.4 Å². The molecular formula is C27H23F2N3O2. The van der Waals surface area contributed by atoms with E-state index in [9.17, 15) is 23.9 Å². The number of anilines is 1. The van der Waals surface area contributed by atoms with E-state index in [-0.39, 0.29) is 23.5 Å². The summed E-state index contributed by atoms with van der Waals surface area (Å²) in [5.41, 5.74) is 9.48. The van der Waals surface area contributed by atoms with Crippen LogP contribution in [0.3, 0.4) is 0 Å². The van der Waals surface area contributed by atoms with Crippen molar-refractivity contribution in [1.82, 2.24) is 4.57 Å². The Labute approximate surface area is 195 Å². The highest BCUT2D eigenvalue weighted by Gasteiger charge is 2.33. The number of nitrogen functional groups attached to an aromatic ring is 1. The van der Waals surface area contributed by atoms with E-state index >= 15 is 0 Å². The minimum Gasteiger partial charge on any atom is -0.478 e. The van der Waals surface area contributed by atoms with E-state index in [1.165, 1.54) is 30.3 Å². The number of carboxylic acid groups (broad SMARTS) is 1. The molecule has 0 amide bonds. The standard InChI is InChI=1S/C27H23F2N3O2/c1-15-12-17(6-9-21(15)29)23-20-13-18(28)14-22(31)24(20)32(25(23)27(2,3)10-11-30)19-7-4-16(5-8-19)26(33)34/h4-9,12-14H,10,31H2,1-3H3,(H,33,34). The van der Waals surface area contributed by atoms with Crippen molar-refractivity contribution in [3.05, 3.63) is 83.1 Å². The number of benzene rings is 3. The number of carboxylic acids is 1. The number of aryl methyl sites for hydroxylation is 1. The predicted molar refractivity (Wildman–Crippen MR) is 128 cm³/mol. The van der Waals surface area contributed by atoms with Crippen molar-refractivity contribution in [3.8, 4) is 22.9 Å². The van der Waals surface area contributed by atoms with Crippen LogP contribution in [-0.2, 0) is 5.41 Å². The van der Waals surface area contributed by atoms with Gasteiger partial charge in [-0.05, 0) is 66.6 Å². The smallest absolute Gasteiger partial charge is 0.335 e. The van der Waals surface area contributed by atoms with Gasteiger partial charge in [-0.2, -0.15) is 5.26 Å². The van der Waals surface area contributed by atoms with Crippen LogP contribution in [0.4, 0.5) is 14.5 Å². The van der Waals surface area contributed by atoms with Gasteiger partial charge in [0.2, 0.25) is 0 Å². The molecule has 0 fully saturated rings. The van der Waals surface area contributed by atoms with Gasteiger partial charge >= 0.3 is 5.97 Å². The maximum absolute atomic E-state index is 14.6. The first kappa shape index (κ1) is 23.0. The maximum atomic E-state index is 14.6. The number of halogens is 2. The lowest BCUT2D eigenvalue weighted by molar-refractivity contribution is 0.0697. The number of fused-ring (bicyclic) bond motifs is 1. The first-order chi connectivity index (χ1) is 16.0. The highest BCUT2D eigenvalue weighted by molar-refractivity contribution is 6.05. The van der Waals surface area contributed by atoms with Crippen molar-refractivity contribution in [2.24, 2.45) is 0 Å². The second-order valence-electron chi connectivity index (χ2n) is 8.98. The van der Waals surface area contributed by atoms with Crippen molar-refractivity contribution >= 4 is 22.6 Å². The fourth-order valence-electron chi connectivity index (χ4n) is 4.44. The number of nitriles is 1. The molecule has 4 rings (SSSR count). The van der Waals surface area contributed by atoms with Gasteiger partial charge in [0.05, 0.1) is 22.8 Å². The number of rotatable bonds is 5. The minimum absolute atomic E-state index is 0.117. The second kappa shape index (κ2) is 8.31. The summed E-state index contributed by atoms with van der Waals surface area (Å²) in [5.74, 6) is -1.94. The molecule has 0 unspecified atom stereocenters. The summed E-state index contributed by atoms with van der Waals surface area (Å²) in [6, 6.07) is 15.8. The van der Waals surface area contributed by atoms with Crippen LogP contribution in [0.2, 0.25) is 0 Å². The Balaban J connectivity index is 2.21. The second-order valence-corrected chi connectivity index (χ2v) is 8.98. The largest absolute Gasteiger partial charge is 0.478 e. The summed E-state index contributed by atoms with van der Waals surface area (Å²) in [5, 5.41) is 19.4. The van der Waals surface area contributed by atoms with E-state index in [1.54, 1.807) is 31.2 Å². The van der Waals surface area contributed by atoms with Gasteiger partial charge in [-0.1, -0.05) is 19.9 Å². The minimum atomic E-state index is -1.06. The fourth-order valence-corrected chi connectivity index (χ4v) is 4.44. The van der Waals surface area contributed by atoms with E-state index in [1.807, 2.05) is 18.4 Å². The predicted octanol–water partition coefficient (Wildman–Crippen LogP) is 6.36. The summed E-state index contributed by atoms with van der Waals surface area (Å²) in [7, 11) is 0. The lowest BCUT2D eigenvalue weighted by atomic mass is 9.81. The Morgan fingerprint density at radius 1 is 1.12 bits per heavy atom. The van der Waals surface area contributed by atoms with Gasteiger partial charge in [0.25, 0.3) is 0 Å². The van der Waals surface area contributed by atoms with Gasteiger partial charge in [0, 0.05) is 34.2 Å². The molecule has 34 heavy (non-hydrogen) atoms. The van der Waals surface area contributed by atoms with Crippen LogP contribution in [0.5, 0.6) is 0 Å². The molecule has 5 nitrogen and oxygen atoms in total. The number of nitrogens with zero attached hydrogens (tertiary/aromatic N) is 2. The molecule has 7 heteroatoms. The topological polar surface area (TPSA) is 92.0 Å². The lowest BCUT2D eigenvalue weighted by Gasteiger charge is -2.27. The Kier molecular flexibility index (Phi) is 5.62. The van der Waals surface area contributed by atoms with Gasteiger partial charge in [0.1, 0.15) is 11.6 Å². The molecule has 0 saturated carbocycles. The first-order valence-electron chi connectivity index (χ1n) is 10.7. The number of nitrogens with two attached hydrogens (primary N) is 1. The number of hydrogen-bond acceptors (Lipinski definition) is 3. The third kappa shape index (κ3) is 3.77. The van der Waals surface area contributed by atoms with Crippen LogP contribution in [-0.4, -0.2) is 15.6 Å². The molecule has 0 aliphatic rings. The quantitative estimate of drug-likeness (QED) is 0.340. The third-order valence-electron chi connectivity index (χ3n) is 6.04. The Morgan fingerprint density at radius 2 is 1.79 bits per heavy atom. The zero-order chi connectivity index (χ0) is 24.8. The number of aromatic nitrogens is 1. The van der Waals surface area contributed by atoms with Crippen LogP contribution in [0.25, 0.3) is 27.7 Å². The Bertz CT molecular complexity index is 1480. The molecule has 172 valence electrons. The zero-order valence-corrected chi connectivity index (χ0v) is 19.0. The average Bonchev–Trinajstić information content (AvgIpc) is 3.12. The van der Waals surface area contributed by atoms with Crippen molar-refractivity contribution in [1.29, 1.82) is 5.26 Å². The van der Waals surface area contributed by atoms with E-state index in [2.05, 4.69) is 6.07 Å². The molecule has 0 radical (unpaired) electrons. The van der Waals surface area contributed by atoms with Crippen LogP contribution in [0.15, 0.2) is 54.6 Å². The summed E-state index contributed by atoms with van der Waals surface area (Å²) in [6.45, 7) is 5.45. The number of aromatic carboxylic acids is 1. The van der Waals surface area contributed by atoms with Crippen molar-refractivity contribution in [2.75, 3.05) is 5.73 Å². The van der Waals surface area contributed by atoms with Gasteiger partial charge in [-0.3, -0.25) is 0 Å². The molecule has 0 atom stereocenters. The monoisotopic (exact) mass is 459 g/mol. The summed E-state index contributed by atoms with van der Waals surface area (Å²) < 4.78 is 30.6. The van der Waals surface area contributed by atoms with E-state index in [0.29, 0.717) is 39.0 Å². The highest BCUT2D eigenvalue weighted by Crippen LogP contribution is 2.46. The zero-order valence-electron chi connectivity index (χ0n) is 19.0. The molecule has 0 saturated heterocycles. The lowest BCUT2D eigenvalue weighted by Crippen LogP contribution is -2.22. The molecule has 1 aromatic heterocycles. The van der Waals surface area contributed by atoms with E-state index < -0.39 is 17.2 Å². The van der Waals surface area contributed by atoms with Crippen LogP contribution in [0, 0.1) is 29.9 Å². The van der Waals surface area contributed by atoms with E-state index in [4.69, 9.17) is 5.73 Å². The maximum Gasteiger partial charge on any atom is 0.335 e. The SMILES string of the molecule is Cc1cc(-c2c(C(C)(C)CC#N)n(-c3ccc(C(=O)O)cc3)c3c(N)cc(F)cc23)ccc1F. The summed E-state index contributed by atoms with van der Waals surface area (Å²) in [4.78, 5) is 11.4. The van der Waals surface area contributed by atoms with Crippen molar-refractivity contribution < 1.29 is 18.7 Å². The third-order valence-corrected chi connectivity index (χ3v) is 6.04. The van der Waals surface area contributed by atoms with Gasteiger partial charge in [-0.25, -0.2) is 13.6 Å². The molecule has 0 aliphatic heterocycles. The summed E-state index contributed by atoms with van der Waals surface area (Å²) >= 11 is 0. The number of carbonyl (C=O) groups is 1. The van der Waals surface area contributed by atoms with Crippen LogP contribution < -0.4 is 5.73 Å². The molecule has 3 aromatic carbocycles. The van der Waals surface area contributed by atoms with Gasteiger partial charge in [-0.15, -0.1) is 0 Å². The molecule has 3 N–H and O–H groups in total. The normalized spacial score (nSPS) is 11.5. The molecular weight excluding hydrogens is 436 g/mol. The Hall–Kier alpha value is -4.18. The molecule has 0 bridgehead atoms. The highest BCUT2D eigenvalue weighted by atomic mass is 19.1. The molecule has 4 aromatic rings. The van der Waals surface area contributed by atoms with Crippen molar-refractivity contribution in [3.63, 3.8) is 0 Å².